The fourth-order valence-electron chi connectivity index (χ4n) is 1.99. The van der Waals surface area contributed by atoms with E-state index in [9.17, 15) is 13.2 Å². The van der Waals surface area contributed by atoms with Crippen molar-refractivity contribution in [3.05, 3.63) is 35.2 Å². The Kier molecular flexibility index (Phi) is 4.60. The molecule has 0 unspecified atom stereocenters. The first kappa shape index (κ1) is 16.2. The lowest BCUT2D eigenvalue weighted by Crippen LogP contribution is -2.13. The molecule has 1 amide bonds. The second-order valence-corrected chi connectivity index (χ2v) is 7.32. The van der Waals surface area contributed by atoms with Crippen molar-refractivity contribution in [1.29, 1.82) is 0 Å². The molecule has 0 bridgehead atoms. The van der Waals surface area contributed by atoms with Crippen LogP contribution in [-0.4, -0.2) is 36.0 Å². The third-order valence-corrected chi connectivity index (χ3v) is 5.08. The normalized spacial score (nSPS) is 11.5. The van der Waals surface area contributed by atoms with Crippen LogP contribution in [0.3, 0.4) is 0 Å². The van der Waals surface area contributed by atoms with Crippen LogP contribution in [0.5, 0.6) is 0 Å². The van der Waals surface area contributed by atoms with Gasteiger partial charge >= 0.3 is 0 Å². The standard InChI is InChI=1S/C14H17N3O4S/c1-3-22(19,20)8-7-12-16-14(21-17-12)11-6-4-5-10(9(11)2)13(15)18/h4-6H,3,7-8H2,1-2H3,(H2,15,18). The maximum atomic E-state index is 11.5. The van der Waals surface area contributed by atoms with Crippen LogP contribution in [0.2, 0.25) is 0 Å². The van der Waals surface area contributed by atoms with Gasteiger partial charge < -0.3 is 10.3 Å². The van der Waals surface area contributed by atoms with Gasteiger partial charge in [-0.3, -0.25) is 4.79 Å². The molecular weight excluding hydrogens is 306 g/mol. The average Bonchev–Trinajstić information content (AvgIpc) is 2.94. The Morgan fingerprint density at radius 2 is 2.09 bits per heavy atom. The molecular formula is C14H17N3O4S. The molecule has 118 valence electrons. The van der Waals surface area contributed by atoms with Crippen molar-refractivity contribution in [2.75, 3.05) is 11.5 Å². The summed E-state index contributed by atoms with van der Waals surface area (Å²) in [5.41, 5.74) is 6.94. The van der Waals surface area contributed by atoms with Crippen LogP contribution < -0.4 is 5.73 Å². The monoisotopic (exact) mass is 323 g/mol. The molecule has 22 heavy (non-hydrogen) atoms. The number of amides is 1. The highest BCUT2D eigenvalue weighted by Gasteiger charge is 2.16. The van der Waals surface area contributed by atoms with Gasteiger partial charge in [-0.25, -0.2) is 8.42 Å². The number of carbonyl (C=O) groups excluding carboxylic acids is 1. The van der Waals surface area contributed by atoms with Crippen LogP contribution in [0.25, 0.3) is 11.5 Å². The Bertz CT molecular complexity index is 796. The summed E-state index contributed by atoms with van der Waals surface area (Å²) in [5, 5.41) is 3.78. The summed E-state index contributed by atoms with van der Waals surface area (Å²) in [6.45, 7) is 3.33. The lowest BCUT2D eigenvalue weighted by Gasteiger charge is -2.04. The van der Waals surface area contributed by atoms with E-state index >= 15 is 0 Å². The molecule has 0 radical (unpaired) electrons. The fraction of sp³-hybridized carbons (Fsp3) is 0.357. The highest BCUT2D eigenvalue weighted by molar-refractivity contribution is 7.91. The molecule has 0 saturated heterocycles. The Labute approximate surface area is 128 Å². The number of carbonyl (C=O) groups is 1. The lowest BCUT2D eigenvalue weighted by molar-refractivity contribution is 0.0999. The predicted octanol–water partition coefficient (Wildman–Crippen LogP) is 1.12. The average molecular weight is 323 g/mol. The summed E-state index contributed by atoms with van der Waals surface area (Å²) in [5.74, 6) is 0.0776. The predicted molar refractivity (Wildman–Crippen MR) is 81.0 cm³/mol. The van der Waals surface area contributed by atoms with Gasteiger partial charge in [0.25, 0.3) is 5.89 Å². The van der Waals surface area contributed by atoms with E-state index in [0.29, 0.717) is 22.5 Å². The molecule has 2 rings (SSSR count). The van der Waals surface area contributed by atoms with Gasteiger partial charge in [0.2, 0.25) is 5.91 Å². The molecule has 2 N–H and O–H groups in total. The maximum absolute atomic E-state index is 11.5. The van der Waals surface area contributed by atoms with Gasteiger partial charge in [0.1, 0.15) is 9.84 Å². The molecule has 0 aliphatic carbocycles. The molecule has 0 aliphatic rings. The number of benzene rings is 1. The smallest absolute Gasteiger partial charge is 0.258 e. The number of aromatic nitrogens is 2. The minimum absolute atomic E-state index is 0.0250. The first-order valence-corrected chi connectivity index (χ1v) is 8.59. The van der Waals surface area contributed by atoms with Gasteiger partial charge in [-0.2, -0.15) is 4.98 Å². The highest BCUT2D eigenvalue weighted by Crippen LogP contribution is 2.24. The van der Waals surface area contributed by atoms with E-state index < -0.39 is 15.7 Å². The largest absolute Gasteiger partial charge is 0.366 e. The SMILES string of the molecule is CCS(=O)(=O)CCc1noc(-c2cccc(C(N)=O)c2C)n1. The molecule has 0 saturated carbocycles. The van der Waals surface area contributed by atoms with Crippen LogP contribution in [0.1, 0.15) is 28.7 Å². The zero-order valence-electron chi connectivity index (χ0n) is 12.4. The third-order valence-electron chi connectivity index (χ3n) is 3.37. The van der Waals surface area contributed by atoms with Crippen molar-refractivity contribution in [3.8, 4) is 11.5 Å². The number of primary amides is 1. The Balaban J connectivity index is 2.26. The first-order chi connectivity index (χ1) is 10.3. The number of hydrogen-bond acceptors (Lipinski definition) is 6. The minimum atomic E-state index is -3.08. The van der Waals surface area contributed by atoms with Crippen LogP contribution in [-0.2, 0) is 16.3 Å². The fourth-order valence-corrected chi connectivity index (χ4v) is 2.77. The van der Waals surface area contributed by atoms with Gasteiger partial charge in [-0.15, -0.1) is 0 Å². The Morgan fingerprint density at radius 1 is 1.36 bits per heavy atom. The van der Waals surface area contributed by atoms with Crippen LogP contribution in [0, 0.1) is 6.92 Å². The van der Waals surface area contributed by atoms with Crippen molar-refractivity contribution in [2.24, 2.45) is 5.73 Å². The van der Waals surface area contributed by atoms with Gasteiger partial charge in [-0.05, 0) is 24.6 Å². The van der Waals surface area contributed by atoms with Crippen LogP contribution in [0.4, 0.5) is 0 Å². The van der Waals surface area contributed by atoms with E-state index in [0.717, 1.165) is 0 Å². The molecule has 0 fully saturated rings. The zero-order chi connectivity index (χ0) is 16.3. The molecule has 1 heterocycles. The van der Waals surface area contributed by atoms with E-state index in [1.807, 2.05) is 0 Å². The minimum Gasteiger partial charge on any atom is -0.366 e. The van der Waals surface area contributed by atoms with E-state index in [1.54, 1.807) is 32.0 Å². The summed E-state index contributed by atoms with van der Waals surface area (Å²) in [6, 6.07) is 5.03. The summed E-state index contributed by atoms with van der Waals surface area (Å²) < 4.78 is 28.1. The summed E-state index contributed by atoms with van der Waals surface area (Å²) >= 11 is 0. The second kappa shape index (κ2) is 6.27. The maximum Gasteiger partial charge on any atom is 0.258 e. The number of rotatable bonds is 6. The van der Waals surface area contributed by atoms with Gasteiger partial charge in [0.15, 0.2) is 5.82 Å². The molecule has 1 aromatic carbocycles. The zero-order valence-corrected chi connectivity index (χ0v) is 13.2. The van der Waals surface area contributed by atoms with Gasteiger partial charge in [0, 0.05) is 23.3 Å². The van der Waals surface area contributed by atoms with Crippen molar-refractivity contribution in [2.45, 2.75) is 20.3 Å². The topological polar surface area (TPSA) is 116 Å². The number of aryl methyl sites for hydroxylation is 1. The van der Waals surface area contributed by atoms with Gasteiger partial charge in [0.05, 0.1) is 5.75 Å². The van der Waals surface area contributed by atoms with Crippen molar-refractivity contribution in [1.82, 2.24) is 10.1 Å². The van der Waals surface area contributed by atoms with Crippen molar-refractivity contribution >= 4 is 15.7 Å². The van der Waals surface area contributed by atoms with E-state index in [2.05, 4.69) is 10.1 Å². The molecule has 8 heteroatoms. The first-order valence-electron chi connectivity index (χ1n) is 6.77. The molecule has 0 spiro atoms. The van der Waals surface area contributed by atoms with Gasteiger partial charge in [-0.1, -0.05) is 18.1 Å². The molecule has 0 atom stereocenters. The van der Waals surface area contributed by atoms with E-state index in [-0.39, 0.29) is 23.8 Å². The summed E-state index contributed by atoms with van der Waals surface area (Å²) in [6.07, 6.45) is 0.189. The molecule has 1 aromatic heterocycles. The summed E-state index contributed by atoms with van der Waals surface area (Å²) in [7, 11) is -3.08. The summed E-state index contributed by atoms with van der Waals surface area (Å²) in [4.78, 5) is 15.5. The Hall–Kier alpha value is -2.22. The van der Waals surface area contributed by atoms with E-state index in [4.69, 9.17) is 10.3 Å². The number of nitrogens with zero attached hydrogens (tertiary/aromatic N) is 2. The number of sulfone groups is 1. The third kappa shape index (κ3) is 3.51. The quantitative estimate of drug-likeness (QED) is 0.851. The van der Waals surface area contributed by atoms with Crippen molar-refractivity contribution in [3.63, 3.8) is 0 Å². The molecule has 2 aromatic rings. The van der Waals surface area contributed by atoms with Crippen LogP contribution in [0.15, 0.2) is 22.7 Å². The van der Waals surface area contributed by atoms with Crippen LogP contribution >= 0.6 is 0 Å². The molecule has 7 nitrogen and oxygen atoms in total. The number of nitrogens with two attached hydrogens (primary N) is 1. The molecule has 0 aliphatic heterocycles. The Morgan fingerprint density at radius 3 is 2.73 bits per heavy atom. The second-order valence-electron chi connectivity index (χ2n) is 4.84. The highest BCUT2D eigenvalue weighted by atomic mass is 32.2. The number of hydrogen-bond donors (Lipinski definition) is 1. The lowest BCUT2D eigenvalue weighted by atomic mass is 10.0. The van der Waals surface area contributed by atoms with Crippen molar-refractivity contribution < 1.29 is 17.7 Å². The van der Waals surface area contributed by atoms with E-state index in [1.165, 1.54) is 0 Å².